The Kier molecular flexibility index (Phi) is 4.26. The molecule has 118 valence electrons. The van der Waals surface area contributed by atoms with Gasteiger partial charge in [0.25, 0.3) is 0 Å². The molecule has 0 fully saturated rings. The van der Waals surface area contributed by atoms with Gasteiger partial charge >= 0.3 is 0 Å². The normalized spacial score (nSPS) is 10.7. The standard InChI is InChI=1S/C18H18ClN3O/c1-12-9-18(22(2)21-12)16-8-7-15(10-17(16)20)23-11-13-3-5-14(19)6-4-13/h3-10H,11,20H2,1-2H3. The molecule has 2 aromatic carbocycles. The van der Waals surface area contributed by atoms with Gasteiger partial charge in [0, 0.05) is 29.4 Å². The predicted molar refractivity (Wildman–Crippen MR) is 93.6 cm³/mol. The van der Waals surface area contributed by atoms with Crippen LogP contribution in [0.15, 0.2) is 48.5 Å². The maximum Gasteiger partial charge on any atom is 0.121 e. The Labute approximate surface area is 140 Å². The highest BCUT2D eigenvalue weighted by molar-refractivity contribution is 6.30. The first-order valence-corrected chi connectivity index (χ1v) is 7.68. The Balaban J connectivity index is 1.76. The van der Waals surface area contributed by atoms with Gasteiger partial charge in [-0.3, -0.25) is 4.68 Å². The molecular weight excluding hydrogens is 310 g/mol. The molecule has 0 amide bonds. The van der Waals surface area contributed by atoms with Gasteiger partial charge in [-0.1, -0.05) is 23.7 Å². The first-order valence-electron chi connectivity index (χ1n) is 7.31. The number of hydrogen-bond donors (Lipinski definition) is 1. The topological polar surface area (TPSA) is 53.1 Å². The van der Waals surface area contributed by atoms with E-state index in [2.05, 4.69) is 5.10 Å². The zero-order valence-corrected chi connectivity index (χ0v) is 13.8. The van der Waals surface area contributed by atoms with Crippen molar-refractivity contribution < 1.29 is 4.74 Å². The number of nitrogens with two attached hydrogens (primary N) is 1. The van der Waals surface area contributed by atoms with Gasteiger partial charge < -0.3 is 10.5 Å². The second-order valence-corrected chi connectivity index (χ2v) is 5.90. The Morgan fingerprint density at radius 3 is 2.48 bits per heavy atom. The number of aromatic nitrogens is 2. The molecule has 3 aromatic rings. The molecule has 0 atom stereocenters. The number of hydrogen-bond acceptors (Lipinski definition) is 3. The molecule has 0 spiro atoms. The van der Waals surface area contributed by atoms with Gasteiger partial charge in [-0.25, -0.2) is 0 Å². The van der Waals surface area contributed by atoms with Crippen LogP contribution in [0.4, 0.5) is 5.69 Å². The Hall–Kier alpha value is -2.46. The molecule has 2 N–H and O–H groups in total. The van der Waals surface area contributed by atoms with Crippen molar-refractivity contribution in [3.8, 4) is 17.0 Å². The minimum Gasteiger partial charge on any atom is -0.489 e. The minimum absolute atomic E-state index is 0.473. The van der Waals surface area contributed by atoms with Gasteiger partial charge in [0.2, 0.25) is 0 Å². The van der Waals surface area contributed by atoms with E-state index in [0.29, 0.717) is 17.3 Å². The highest BCUT2D eigenvalue weighted by atomic mass is 35.5. The molecule has 0 saturated carbocycles. The number of anilines is 1. The third kappa shape index (κ3) is 3.48. The van der Waals surface area contributed by atoms with Gasteiger partial charge in [0.05, 0.1) is 11.4 Å². The molecule has 0 unspecified atom stereocenters. The number of rotatable bonds is 4. The van der Waals surface area contributed by atoms with E-state index in [9.17, 15) is 0 Å². The SMILES string of the molecule is Cc1cc(-c2ccc(OCc3ccc(Cl)cc3)cc2N)n(C)n1. The van der Waals surface area contributed by atoms with Gasteiger partial charge in [0.1, 0.15) is 12.4 Å². The van der Waals surface area contributed by atoms with Gasteiger partial charge in [-0.05, 0) is 42.8 Å². The summed E-state index contributed by atoms with van der Waals surface area (Å²) in [5.41, 5.74) is 10.8. The van der Waals surface area contributed by atoms with Crippen molar-refractivity contribution in [3.63, 3.8) is 0 Å². The summed E-state index contributed by atoms with van der Waals surface area (Å²) in [5, 5.41) is 5.07. The lowest BCUT2D eigenvalue weighted by molar-refractivity contribution is 0.306. The second-order valence-electron chi connectivity index (χ2n) is 5.46. The van der Waals surface area contributed by atoms with Crippen LogP contribution in [-0.2, 0) is 13.7 Å². The zero-order chi connectivity index (χ0) is 16.4. The molecule has 3 rings (SSSR count). The van der Waals surface area contributed by atoms with Crippen LogP contribution in [0.25, 0.3) is 11.3 Å². The number of benzene rings is 2. The highest BCUT2D eigenvalue weighted by Gasteiger charge is 2.09. The minimum atomic E-state index is 0.473. The fourth-order valence-corrected chi connectivity index (χ4v) is 2.60. The molecule has 0 aliphatic carbocycles. The fraction of sp³-hybridized carbons (Fsp3) is 0.167. The third-order valence-electron chi connectivity index (χ3n) is 3.62. The summed E-state index contributed by atoms with van der Waals surface area (Å²) >= 11 is 5.88. The van der Waals surface area contributed by atoms with Crippen molar-refractivity contribution in [2.24, 2.45) is 7.05 Å². The van der Waals surface area contributed by atoms with Gasteiger partial charge in [-0.15, -0.1) is 0 Å². The Bertz CT molecular complexity index is 825. The third-order valence-corrected chi connectivity index (χ3v) is 3.87. The lowest BCUT2D eigenvalue weighted by Gasteiger charge is -2.10. The summed E-state index contributed by atoms with van der Waals surface area (Å²) < 4.78 is 7.62. The van der Waals surface area contributed by atoms with Crippen LogP contribution < -0.4 is 10.5 Å². The number of ether oxygens (including phenoxy) is 1. The smallest absolute Gasteiger partial charge is 0.121 e. The molecule has 4 nitrogen and oxygen atoms in total. The highest BCUT2D eigenvalue weighted by Crippen LogP contribution is 2.30. The van der Waals surface area contributed by atoms with Crippen molar-refractivity contribution in [1.29, 1.82) is 0 Å². The number of nitrogens with zero attached hydrogens (tertiary/aromatic N) is 2. The summed E-state index contributed by atoms with van der Waals surface area (Å²) in [4.78, 5) is 0. The predicted octanol–water partition coefficient (Wildman–Crippen LogP) is 4.21. The summed E-state index contributed by atoms with van der Waals surface area (Å²) in [5.74, 6) is 0.736. The lowest BCUT2D eigenvalue weighted by atomic mass is 10.1. The Morgan fingerprint density at radius 1 is 1.13 bits per heavy atom. The van der Waals surface area contributed by atoms with E-state index in [4.69, 9.17) is 22.1 Å². The second kappa shape index (κ2) is 6.34. The van der Waals surface area contributed by atoms with Gasteiger partial charge in [0.15, 0.2) is 0 Å². The first-order chi connectivity index (χ1) is 11.0. The monoisotopic (exact) mass is 327 g/mol. The van der Waals surface area contributed by atoms with Crippen molar-refractivity contribution in [1.82, 2.24) is 9.78 Å². The average Bonchev–Trinajstić information content (AvgIpc) is 2.85. The largest absolute Gasteiger partial charge is 0.489 e. The molecule has 0 aliphatic rings. The molecule has 0 radical (unpaired) electrons. The summed E-state index contributed by atoms with van der Waals surface area (Å²) in [7, 11) is 1.91. The number of nitrogen functional groups attached to an aromatic ring is 1. The van der Waals surface area contributed by atoms with E-state index >= 15 is 0 Å². The fourth-order valence-electron chi connectivity index (χ4n) is 2.47. The van der Waals surface area contributed by atoms with Crippen molar-refractivity contribution in [2.75, 3.05) is 5.73 Å². The zero-order valence-electron chi connectivity index (χ0n) is 13.1. The molecule has 0 saturated heterocycles. The molecule has 0 bridgehead atoms. The quantitative estimate of drug-likeness (QED) is 0.730. The van der Waals surface area contributed by atoms with E-state index in [-0.39, 0.29) is 0 Å². The Morgan fingerprint density at radius 2 is 1.87 bits per heavy atom. The van der Waals surface area contributed by atoms with Crippen LogP contribution in [-0.4, -0.2) is 9.78 Å². The van der Waals surface area contributed by atoms with E-state index in [1.807, 2.05) is 67.2 Å². The van der Waals surface area contributed by atoms with Crippen molar-refractivity contribution >= 4 is 17.3 Å². The van der Waals surface area contributed by atoms with Crippen LogP contribution in [0.3, 0.4) is 0 Å². The molecule has 1 aromatic heterocycles. The number of aryl methyl sites for hydroxylation is 2. The van der Waals surface area contributed by atoms with Crippen LogP contribution in [0, 0.1) is 6.92 Å². The van der Waals surface area contributed by atoms with Crippen molar-refractivity contribution in [2.45, 2.75) is 13.5 Å². The summed E-state index contributed by atoms with van der Waals surface area (Å²) in [6, 6.07) is 15.3. The van der Waals surface area contributed by atoms with E-state index in [1.165, 1.54) is 0 Å². The summed E-state index contributed by atoms with van der Waals surface area (Å²) in [6.45, 7) is 2.43. The lowest BCUT2D eigenvalue weighted by Crippen LogP contribution is -1.99. The van der Waals surface area contributed by atoms with Crippen LogP contribution >= 0.6 is 11.6 Å². The van der Waals surface area contributed by atoms with E-state index in [0.717, 1.165) is 28.3 Å². The maximum atomic E-state index is 6.18. The van der Waals surface area contributed by atoms with Crippen molar-refractivity contribution in [3.05, 3.63) is 64.8 Å². The van der Waals surface area contributed by atoms with Crippen LogP contribution in [0.1, 0.15) is 11.3 Å². The van der Waals surface area contributed by atoms with Gasteiger partial charge in [-0.2, -0.15) is 5.10 Å². The van der Waals surface area contributed by atoms with E-state index in [1.54, 1.807) is 0 Å². The average molecular weight is 328 g/mol. The maximum absolute atomic E-state index is 6.18. The molecule has 23 heavy (non-hydrogen) atoms. The first kappa shape index (κ1) is 15.4. The molecule has 0 aliphatic heterocycles. The molecule has 5 heteroatoms. The molecular formula is C18H18ClN3O. The van der Waals surface area contributed by atoms with Crippen LogP contribution in [0.5, 0.6) is 5.75 Å². The summed E-state index contributed by atoms with van der Waals surface area (Å²) in [6.07, 6.45) is 0. The van der Waals surface area contributed by atoms with E-state index < -0.39 is 0 Å². The number of halogens is 1. The van der Waals surface area contributed by atoms with Crippen LogP contribution in [0.2, 0.25) is 5.02 Å². The molecule has 1 heterocycles.